The summed E-state index contributed by atoms with van der Waals surface area (Å²) in [5, 5.41) is 8.64. The van der Waals surface area contributed by atoms with Gasteiger partial charge < -0.3 is 10.1 Å². The second kappa shape index (κ2) is 10.4. The van der Waals surface area contributed by atoms with Crippen molar-refractivity contribution in [1.82, 2.24) is 23.6 Å². The van der Waals surface area contributed by atoms with Crippen LogP contribution in [0.15, 0.2) is 66.0 Å². The molecule has 2 unspecified atom stereocenters. The largest absolute Gasteiger partial charge is 0.466 e. The number of nitrogens with one attached hydrogen (secondary N) is 1. The minimum Gasteiger partial charge on any atom is -0.466 e. The van der Waals surface area contributed by atoms with Crippen LogP contribution in [0.1, 0.15) is 38.2 Å². The Morgan fingerprint density at radius 2 is 1.80 bits per heavy atom. The van der Waals surface area contributed by atoms with Gasteiger partial charge in [0.25, 0.3) is 10.0 Å². The summed E-state index contributed by atoms with van der Waals surface area (Å²) in [4.78, 5) is 22.6. The number of rotatable bonds is 7. The fourth-order valence-electron chi connectivity index (χ4n) is 8.16. The fraction of sp³-hybridized carbons (Fsp3) is 0.394. The number of pyridine rings is 1. The van der Waals surface area contributed by atoms with Crippen LogP contribution in [0.3, 0.4) is 0 Å². The van der Waals surface area contributed by atoms with Gasteiger partial charge in [0.2, 0.25) is 0 Å². The highest BCUT2D eigenvalue weighted by Gasteiger charge is 2.59. The summed E-state index contributed by atoms with van der Waals surface area (Å²) in [5.41, 5.74) is 2.02. The maximum absolute atomic E-state index is 14.6. The Morgan fingerprint density at radius 1 is 1.07 bits per heavy atom. The van der Waals surface area contributed by atoms with E-state index in [1.54, 1.807) is 22.8 Å². The molecule has 0 amide bonds. The van der Waals surface area contributed by atoms with E-state index in [1.165, 1.54) is 30.8 Å². The topological polar surface area (TPSA) is 120 Å². The Bertz CT molecular complexity index is 2070. The summed E-state index contributed by atoms with van der Waals surface area (Å²) in [6.45, 7) is 4.04. The molecular weight excluding hydrogens is 595 g/mol. The maximum Gasteiger partial charge on any atom is 0.311 e. The Kier molecular flexibility index (Phi) is 6.49. The van der Waals surface area contributed by atoms with Gasteiger partial charge in [-0.2, -0.15) is 0 Å². The number of aryl methyl sites for hydroxylation is 1. The third-order valence-corrected chi connectivity index (χ3v) is 11.9. The van der Waals surface area contributed by atoms with Crippen molar-refractivity contribution in [2.45, 2.75) is 50.5 Å². The molecule has 0 radical (unpaired) electrons. The molecule has 232 valence electrons. The lowest BCUT2D eigenvalue weighted by Gasteiger charge is -2.61. The summed E-state index contributed by atoms with van der Waals surface area (Å²) >= 11 is 0. The number of halogens is 1. The zero-order valence-electron chi connectivity index (χ0n) is 24.9. The first-order valence-corrected chi connectivity index (χ1v) is 17.0. The highest BCUT2D eigenvalue weighted by atomic mass is 32.2. The van der Waals surface area contributed by atoms with Gasteiger partial charge in [-0.25, -0.2) is 31.3 Å². The molecule has 45 heavy (non-hydrogen) atoms. The second-order valence-corrected chi connectivity index (χ2v) is 14.4. The second-order valence-electron chi connectivity index (χ2n) is 12.6. The number of aromatic nitrogens is 5. The molecular formula is C33H33FN6O4S. The lowest BCUT2D eigenvalue weighted by Crippen LogP contribution is -2.62. The van der Waals surface area contributed by atoms with Gasteiger partial charge in [-0.3, -0.25) is 4.79 Å². The number of carbonyl (C=O) groups is 1. The van der Waals surface area contributed by atoms with Gasteiger partial charge in [0.05, 0.1) is 23.6 Å². The number of benzene rings is 1. The van der Waals surface area contributed by atoms with Crippen LogP contribution in [0.2, 0.25) is 0 Å². The first-order valence-electron chi connectivity index (χ1n) is 15.5. The van der Waals surface area contributed by atoms with Crippen LogP contribution in [0, 0.1) is 42.3 Å². The highest BCUT2D eigenvalue weighted by Crippen LogP contribution is 2.60. The average Bonchev–Trinajstić information content (AvgIpc) is 3.63. The Labute approximate surface area is 259 Å². The van der Waals surface area contributed by atoms with E-state index in [4.69, 9.17) is 14.8 Å². The number of nitrogens with zero attached hydrogens (tertiary/aromatic N) is 5. The van der Waals surface area contributed by atoms with Crippen LogP contribution < -0.4 is 5.32 Å². The molecule has 12 heteroatoms. The molecule has 4 saturated carbocycles. The summed E-state index contributed by atoms with van der Waals surface area (Å²) in [5.74, 6) is 1.40. The van der Waals surface area contributed by atoms with Crippen molar-refractivity contribution in [3.05, 3.63) is 72.4 Å². The number of esters is 1. The zero-order valence-corrected chi connectivity index (χ0v) is 25.7. The Balaban J connectivity index is 1.25. The molecule has 4 aromatic heterocycles. The number of hydrogen-bond donors (Lipinski definition) is 1. The van der Waals surface area contributed by atoms with Crippen LogP contribution >= 0.6 is 0 Å². The van der Waals surface area contributed by atoms with Crippen LogP contribution in [-0.4, -0.2) is 50.6 Å². The predicted molar refractivity (Wildman–Crippen MR) is 165 cm³/mol. The van der Waals surface area contributed by atoms with Crippen molar-refractivity contribution in [3.63, 3.8) is 0 Å². The summed E-state index contributed by atoms with van der Waals surface area (Å²) < 4.78 is 50.5. The highest BCUT2D eigenvalue weighted by molar-refractivity contribution is 7.90. The predicted octanol–water partition coefficient (Wildman–Crippen LogP) is 5.46. The zero-order chi connectivity index (χ0) is 31.0. The van der Waals surface area contributed by atoms with Gasteiger partial charge in [0.1, 0.15) is 11.3 Å². The molecule has 2 bridgehead atoms. The quantitative estimate of drug-likeness (QED) is 0.236. The molecule has 6 atom stereocenters. The van der Waals surface area contributed by atoms with E-state index in [2.05, 4.69) is 10.3 Å². The number of fused-ring (bicyclic) bond motifs is 4. The van der Waals surface area contributed by atoms with Crippen LogP contribution in [-0.2, 0) is 19.6 Å². The SMILES string of the molecule is CCOC(=O)[C@@H]1[C@@H](Nc2nc(-c3cn(S(=O)(=O)c4ccc(C)cc4)c4ncc(F)cc34)nn3cccc23)[C@@H]2CC[C@H]1C1CCC12. The van der Waals surface area contributed by atoms with E-state index in [-0.39, 0.29) is 45.6 Å². The van der Waals surface area contributed by atoms with E-state index >= 15 is 0 Å². The van der Waals surface area contributed by atoms with Gasteiger partial charge in [0.15, 0.2) is 17.3 Å². The Hall–Kier alpha value is -4.32. The van der Waals surface area contributed by atoms with Crippen LogP contribution in [0.4, 0.5) is 10.2 Å². The van der Waals surface area contributed by atoms with E-state index in [0.29, 0.717) is 41.3 Å². The normalized spacial score (nSPS) is 25.7. The van der Waals surface area contributed by atoms with E-state index < -0.39 is 15.8 Å². The fourth-order valence-corrected chi connectivity index (χ4v) is 9.49. The molecule has 4 aliphatic rings. The molecule has 5 aromatic rings. The van der Waals surface area contributed by atoms with E-state index in [9.17, 15) is 17.6 Å². The standard InChI is InChI=1S/C33H33FN6O4S/c1-3-44-33(41)28-23-12-13-24(22-11-10-21(22)23)29(28)36-31-27-5-4-14-39(27)38-30(37-31)26-17-40(32-25(26)15-19(34)16-35-32)45(42,43)20-8-6-18(2)7-9-20/h4-9,14-17,21-24,28-29H,3,10-13H2,1-2H3,(H,36,37,38)/t21?,22?,23-,24+,28-,29-/m0/s1. The van der Waals surface area contributed by atoms with Crippen molar-refractivity contribution >= 4 is 38.4 Å². The van der Waals surface area contributed by atoms with Gasteiger partial charge in [-0.15, -0.1) is 5.10 Å². The molecule has 4 aliphatic carbocycles. The number of carbonyl (C=O) groups excluding carboxylic acids is 1. The minimum absolute atomic E-state index is 0.0701. The van der Waals surface area contributed by atoms with Crippen molar-refractivity contribution in [2.75, 3.05) is 11.9 Å². The first-order chi connectivity index (χ1) is 21.7. The van der Waals surface area contributed by atoms with Crippen molar-refractivity contribution in [3.8, 4) is 11.4 Å². The summed E-state index contributed by atoms with van der Waals surface area (Å²) in [6.07, 6.45) is 8.59. The summed E-state index contributed by atoms with van der Waals surface area (Å²) in [7, 11) is -4.08. The molecule has 4 fully saturated rings. The Morgan fingerprint density at radius 3 is 2.56 bits per heavy atom. The number of anilines is 1. The minimum atomic E-state index is -4.08. The van der Waals surface area contributed by atoms with Crippen molar-refractivity contribution in [1.29, 1.82) is 0 Å². The van der Waals surface area contributed by atoms with Gasteiger partial charge in [-0.1, -0.05) is 17.7 Å². The molecule has 0 aliphatic heterocycles. The number of ether oxygens (including phenoxy) is 1. The summed E-state index contributed by atoms with van der Waals surface area (Å²) in [6, 6.07) is 11.4. The molecule has 4 heterocycles. The van der Waals surface area contributed by atoms with Crippen molar-refractivity contribution in [2.24, 2.45) is 29.6 Å². The number of hydrogen-bond acceptors (Lipinski definition) is 8. The monoisotopic (exact) mass is 628 g/mol. The van der Waals surface area contributed by atoms with Gasteiger partial charge in [0, 0.05) is 29.4 Å². The first kappa shape index (κ1) is 28.2. The van der Waals surface area contributed by atoms with Crippen LogP contribution in [0.25, 0.3) is 27.9 Å². The van der Waals surface area contributed by atoms with Gasteiger partial charge >= 0.3 is 5.97 Å². The van der Waals surface area contributed by atoms with Crippen LogP contribution in [0.5, 0.6) is 0 Å². The third kappa shape index (κ3) is 4.36. The lowest BCUT2D eigenvalue weighted by molar-refractivity contribution is -0.166. The maximum atomic E-state index is 14.6. The third-order valence-electron chi connectivity index (χ3n) is 10.3. The lowest BCUT2D eigenvalue weighted by atomic mass is 9.46. The molecule has 1 N–H and O–H groups in total. The molecule has 0 saturated heterocycles. The smallest absolute Gasteiger partial charge is 0.311 e. The van der Waals surface area contributed by atoms with Gasteiger partial charge in [-0.05, 0) is 93.5 Å². The van der Waals surface area contributed by atoms with E-state index in [0.717, 1.165) is 35.0 Å². The molecule has 0 spiro atoms. The molecule has 9 rings (SSSR count). The molecule has 10 nitrogen and oxygen atoms in total. The molecule has 1 aromatic carbocycles. The van der Waals surface area contributed by atoms with E-state index in [1.807, 2.05) is 26.0 Å². The average molecular weight is 629 g/mol. The van der Waals surface area contributed by atoms with Crippen molar-refractivity contribution < 1.29 is 22.3 Å².